The van der Waals surface area contributed by atoms with Crippen LogP contribution < -0.4 is 4.72 Å². The van der Waals surface area contributed by atoms with Gasteiger partial charge in [0.25, 0.3) is 0 Å². The number of pyridine rings is 2. The van der Waals surface area contributed by atoms with E-state index in [4.69, 9.17) is 4.98 Å². The molecule has 0 aliphatic heterocycles. The third-order valence-corrected chi connectivity index (χ3v) is 7.39. The van der Waals surface area contributed by atoms with Crippen molar-refractivity contribution in [2.75, 3.05) is 0 Å². The standard InChI is InChI=1S/C27H33N5O2S/c1-6-9-24(31-35(34)27(3,4)5)23-12-7-11-22(29-23)19-14-15-20-17-28-32(25(20)16-19)26-13-8-10-21(30-26)18(2)33/h7-8,10-18,24,31,33H,6,9H2,1-5H3/t18?,24-,35?/m0/s1. The van der Waals surface area contributed by atoms with E-state index >= 15 is 0 Å². The van der Waals surface area contributed by atoms with Gasteiger partial charge in [0, 0.05) is 22.3 Å². The number of nitrogens with one attached hydrogen (secondary N) is 1. The average molecular weight is 492 g/mol. The maximum absolute atomic E-state index is 12.8. The minimum atomic E-state index is -1.19. The molecule has 7 nitrogen and oxygen atoms in total. The first-order chi connectivity index (χ1) is 16.7. The molecule has 4 aromatic rings. The van der Waals surface area contributed by atoms with Crippen molar-refractivity contribution in [2.45, 2.75) is 64.4 Å². The van der Waals surface area contributed by atoms with Gasteiger partial charge in [-0.1, -0.05) is 37.6 Å². The van der Waals surface area contributed by atoms with Crippen LogP contribution in [0, 0.1) is 0 Å². The molecule has 0 saturated carbocycles. The summed E-state index contributed by atoms with van der Waals surface area (Å²) in [5.41, 5.74) is 4.18. The summed E-state index contributed by atoms with van der Waals surface area (Å²) in [5, 5.41) is 15.5. The fraction of sp³-hybridized carbons (Fsp3) is 0.370. The van der Waals surface area contributed by atoms with Gasteiger partial charge in [0.2, 0.25) is 0 Å². The molecule has 1 aromatic carbocycles. The SMILES string of the molecule is CCC[C@H](N[S+]([O-])C(C)(C)C)c1cccc(-c2ccc3cnn(-c4cccc(C(C)O)n4)c3c2)n1. The van der Waals surface area contributed by atoms with Gasteiger partial charge in [0.15, 0.2) is 5.82 Å². The van der Waals surface area contributed by atoms with Gasteiger partial charge < -0.3 is 9.66 Å². The van der Waals surface area contributed by atoms with Crippen LogP contribution in [0.5, 0.6) is 0 Å². The first-order valence-corrected chi connectivity index (χ1v) is 13.1. The number of aromatic nitrogens is 4. The Bertz CT molecular complexity index is 1300. The van der Waals surface area contributed by atoms with Gasteiger partial charge in [0.1, 0.15) is 4.75 Å². The Labute approximate surface area is 209 Å². The maximum atomic E-state index is 12.8. The van der Waals surface area contributed by atoms with Gasteiger partial charge in [0.05, 0.1) is 40.9 Å². The largest absolute Gasteiger partial charge is 0.598 e. The zero-order valence-electron chi connectivity index (χ0n) is 20.9. The summed E-state index contributed by atoms with van der Waals surface area (Å²) < 4.78 is 17.5. The molecule has 2 unspecified atom stereocenters. The van der Waals surface area contributed by atoms with Crippen LogP contribution >= 0.6 is 0 Å². The van der Waals surface area contributed by atoms with Gasteiger partial charge in [-0.15, -0.1) is 4.72 Å². The number of hydrogen-bond donors (Lipinski definition) is 2. The van der Waals surface area contributed by atoms with Crippen LogP contribution in [-0.2, 0) is 11.4 Å². The van der Waals surface area contributed by atoms with E-state index in [-0.39, 0.29) is 10.8 Å². The molecule has 0 aliphatic carbocycles. The summed E-state index contributed by atoms with van der Waals surface area (Å²) in [4.78, 5) is 9.52. The number of hydrogen-bond acceptors (Lipinski definition) is 6. The van der Waals surface area contributed by atoms with Gasteiger partial charge in [-0.3, -0.25) is 4.98 Å². The molecule has 4 rings (SSSR count). The molecule has 184 valence electrons. The molecule has 0 spiro atoms. The lowest BCUT2D eigenvalue weighted by molar-refractivity contribution is 0.194. The highest BCUT2D eigenvalue weighted by atomic mass is 32.2. The number of aliphatic hydroxyl groups excluding tert-OH is 1. The molecule has 0 aliphatic rings. The number of benzene rings is 1. The Kier molecular flexibility index (Phi) is 7.56. The smallest absolute Gasteiger partial charge is 0.154 e. The van der Waals surface area contributed by atoms with E-state index < -0.39 is 17.5 Å². The predicted molar refractivity (Wildman–Crippen MR) is 141 cm³/mol. The summed E-state index contributed by atoms with van der Waals surface area (Å²) in [6.07, 6.45) is 2.95. The fourth-order valence-corrected chi connectivity index (χ4v) is 4.67. The molecule has 0 fully saturated rings. The minimum Gasteiger partial charge on any atom is -0.598 e. The van der Waals surface area contributed by atoms with Crippen molar-refractivity contribution in [1.82, 2.24) is 24.5 Å². The molecular weight excluding hydrogens is 458 g/mol. The van der Waals surface area contributed by atoms with E-state index in [1.807, 2.05) is 69.4 Å². The molecule has 0 amide bonds. The Morgan fingerprint density at radius 1 is 1.06 bits per heavy atom. The van der Waals surface area contributed by atoms with Crippen molar-refractivity contribution in [3.63, 3.8) is 0 Å². The highest BCUT2D eigenvalue weighted by Gasteiger charge is 2.30. The van der Waals surface area contributed by atoms with Crippen molar-refractivity contribution >= 4 is 22.3 Å². The van der Waals surface area contributed by atoms with Crippen molar-refractivity contribution in [3.05, 3.63) is 72.2 Å². The quantitative estimate of drug-likeness (QED) is 0.319. The summed E-state index contributed by atoms with van der Waals surface area (Å²) >= 11 is -1.19. The summed E-state index contributed by atoms with van der Waals surface area (Å²) in [6.45, 7) is 9.71. The van der Waals surface area contributed by atoms with Crippen molar-refractivity contribution in [2.24, 2.45) is 0 Å². The fourth-order valence-electron chi connectivity index (χ4n) is 3.82. The second kappa shape index (κ2) is 10.5. The lowest BCUT2D eigenvalue weighted by Gasteiger charge is -2.27. The monoisotopic (exact) mass is 491 g/mol. The highest BCUT2D eigenvalue weighted by molar-refractivity contribution is 7.90. The van der Waals surface area contributed by atoms with Gasteiger partial charge in [-0.05, 0) is 64.4 Å². The normalized spacial score (nSPS) is 14.7. The Balaban J connectivity index is 1.70. The van der Waals surface area contributed by atoms with E-state index in [1.54, 1.807) is 17.7 Å². The van der Waals surface area contributed by atoms with E-state index in [0.29, 0.717) is 11.5 Å². The molecular formula is C27H33N5O2S. The molecule has 0 radical (unpaired) electrons. The zero-order chi connectivity index (χ0) is 25.2. The van der Waals surface area contributed by atoms with Crippen LogP contribution in [-0.4, -0.2) is 34.2 Å². The Morgan fingerprint density at radius 2 is 1.80 bits per heavy atom. The van der Waals surface area contributed by atoms with Crippen molar-refractivity contribution < 1.29 is 9.66 Å². The first-order valence-electron chi connectivity index (χ1n) is 12.0. The summed E-state index contributed by atoms with van der Waals surface area (Å²) in [7, 11) is 0. The summed E-state index contributed by atoms with van der Waals surface area (Å²) in [6, 6.07) is 17.5. The first kappa shape index (κ1) is 25.3. The molecule has 35 heavy (non-hydrogen) atoms. The van der Waals surface area contributed by atoms with Crippen LogP contribution in [0.25, 0.3) is 28.0 Å². The lowest BCUT2D eigenvalue weighted by Crippen LogP contribution is -2.41. The molecule has 0 saturated heterocycles. The summed E-state index contributed by atoms with van der Waals surface area (Å²) in [5.74, 6) is 0.647. The second-order valence-corrected chi connectivity index (χ2v) is 11.7. The number of fused-ring (bicyclic) bond motifs is 1. The topological polar surface area (TPSA) is 98.9 Å². The third-order valence-electron chi connectivity index (χ3n) is 5.78. The molecule has 0 bridgehead atoms. The number of nitrogens with zero attached hydrogens (tertiary/aromatic N) is 4. The predicted octanol–water partition coefficient (Wildman–Crippen LogP) is 5.43. The Hall–Kier alpha value is -2.78. The van der Waals surface area contributed by atoms with E-state index in [0.717, 1.165) is 40.7 Å². The molecule has 3 aromatic heterocycles. The average Bonchev–Trinajstić information content (AvgIpc) is 3.26. The molecule has 2 N–H and O–H groups in total. The van der Waals surface area contributed by atoms with Crippen molar-refractivity contribution in [1.29, 1.82) is 0 Å². The van der Waals surface area contributed by atoms with Crippen LogP contribution in [0.1, 0.15) is 71.0 Å². The maximum Gasteiger partial charge on any atom is 0.154 e. The van der Waals surface area contributed by atoms with E-state index in [1.165, 1.54) is 0 Å². The highest BCUT2D eigenvalue weighted by Crippen LogP contribution is 2.28. The lowest BCUT2D eigenvalue weighted by atomic mass is 10.1. The number of rotatable bonds is 8. The molecule has 8 heteroatoms. The van der Waals surface area contributed by atoms with Gasteiger partial charge in [-0.2, -0.15) is 5.10 Å². The molecule has 3 atom stereocenters. The number of aliphatic hydroxyl groups is 1. The Morgan fingerprint density at radius 3 is 2.51 bits per heavy atom. The van der Waals surface area contributed by atoms with Crippen LogP contribution in [0.2, 0.25) is 0 Å². The van der Waals surface area contributed by atoms with Gasteiger partial charge >= 0.3 is 0 Å². The minimum absolute atomic E-state index is 0.0957. The third kappa shape index (κ3) is 5.73. The second-order valence-electron chi connectivity index (χ2n) is 9.71. The van der Waals surface area contributed by atoms with Crippen molar-refractivity contribution in [3.8, 4) is 17.1 Å². The van der Waals surface area contributed by atoms with Crippen LogP contribution in [0.3, 0.4) is 0 Å². The van der Waals surface area contributed by atoms with Crippen LogP contribution in [0.15, 0.2) is 60.8 Å². The van der Waals surface area contributed by atoms with Crippen LogP contribution in [0.4, 0.5) is 0 Å². The van der Waals surface area contributed by atoms with E-state index in [9.17, 15) is 9.66 Å². The van der Waals surface area contributed by atoms with Gasteiger partial charge in [-0.25, -0.2) is 9.67 Å². The molecule has 3 heterocycles. The van der Waals surface area contributed by atoms with E-state index in [2.05, 4.69) is 27.8 Å². The zero-order valence-corrected chi connectivity index (χ0v) is 21.7.